The van der Waals surface area contributed by atoms with E-state index in [4.69, 9.17) is 15.3 Å². The molecule has 2 aromatic rings. The van der Waals surface area contributed by atoms with E-state index in [2.05, 4.69) is 49.4 Å². The lowest BCUT2D eigenvalue weighted by molar-refractivity contribution is 0.0920. The fraction of sp³-hybridized carbons (Fsp3) is 0.538. The summed E-state index contributed by atoms with van der Waals surface area (Å²) < 4.78 is 12.7. The number of fused-ring (bicyclic) bond motifs is 1. The number of ether oxygens (including phenoxy) is 2. The summed E-state index contributed by atoms with van der Waals surface area (Å²) in [5, 5.41) is 2.05. The van der Waals surface area contributed by atoms with Gasteiger partial charge in [0.25, 0.3) is 0 Å². The molecule has 1 unspecified atom stereocenters. The van der Waals surface area contributed by atoms with Gasteiger partial charge in [0.05, 0.1) is 12.1 Å². The van der Waals surface area contributed by atoms with Crippen molar-refractivity contribution < 1.29 is 9.47 Å². The molecule has 0 amide bonds. The number of hydrogen-bond acceptors (Lipinski definition) is 4. The van der Waals surface area contributed by atoms with Gasteiger partial charge in [-0.25, -0.2) is 5.01 Å². The third kappa shape index (κ3) is 4.87. The molecule has 2 N–H and O–H groups in total. The van der Waals surface area contributed by atoms with Gasteiger partial charge >= 0.3 is 0 Å². The van der Waals surface area contributed by atoms with Crippen molar-refractivity contribution in [3.8, 4) is 11.5 Å². The molecule has 2 aromatic carbocycles. The number of benzene rings is 2. The monoisotopic (exact) mass is 442 g/mol. The van der Waals surface area contributed by atoms with Gasteiger partial charge in [0.2, 0.25) is 0 Å². The van der Waals surface area contributed by atoms with Gasteiger partial charge in [-0.3, -0.25) is 5.84 Å². The van der Waals surface area contributed by atoms with E-state index in [1.807, 2.05) is 5.01 Å². The molecule has 0 radical (unpaired) electrons. The smallest absolute Gasteiger partial charge is 0.126 e. The molecule has 168 valence electrons. The molecule has 2 fully saturated rings. The Morgan fingerprint density at radius 2 is 1.84 bits per heavy atom. The highest BCUT2D eigenvalue weighted by Gasteiger charge is 2.33. The number of nitrogens with zero attached hydrogens (tertiary/aromatic N) is 1. The van der Waals surface area contributed by atoms with E-state index in [0.29, 0.717) is 12.0 Å². The predicted octanol–water partition coefficient (Wildman–Crippen LogP) is 5.62. The number of piperidine rings is 1. The zero-order chi connectivity index (χ0) is 20.5. The van der Waals surface area contributed by atoms with Crippen molar-refractivity contribution in [3.05, 3.63) is 59.2 Å². The first-order chi connectivity index (χ1) is 14.7. The van der Waals surface area contributed by atoms with E-state index in [-0.39, 0.29) is 24.6 Å². The molecule has 4 nitrogen and oxygen atoms in total. The van der Waals surface area contributed by atoms with Crippen LogP contribution in [0.4, 0.5) is 0 Å². The Bertz CT molecular complexity index is 869. The number of rotatable bonds is 5. The molecule has 1 saturated heterocycles. The minimum atomic E-state index is 0. The standard InChI is InChI=1S/C26H34N2O2.ClH/c1-18-14-21-16-24(30-23-11-5-6-12-23)17-22(26(21)29-18)15-20-10-7-13-28(27)25(20)19-8-3-2-4-9-19;/h2-4,8-9,16-18,20,23,25H,5-7,10-15,27H2,1H3;1H/t18-,20-,25?;/m0./s1. The fourth-order valence-electron chi connectivity index (χ4n) is 5.71. The molecular formula is C26H35ClN2O2. The molecular weight excluding hydrogens is 408 g/mol. The van der Waals surface area contributed by atoms with Gasteiger partial charge in [-0.05, 0) is 81.0 Å². The highest BCUT2D eigenvalue weighted by Crippen LogP contribution is 2.42. The van der Waals surface area contributed by atoms with Crippen molar-refractivity contribution in [3.63, 3.8) is 0 Å². The summed E-state index contributed by atoms with van der Waals surface area (Å²) in [6, 6.07) is 15.5. The number of hydrogen-bond donors (Lipinski definition) is 1. The zero-order valence-corrected chi connectivity index (χ0v) is 19.3. The molecule has 2 heterocycles. The van der Waals surface area contributed by atoms with E-state index in [9.17, 15) is 0 Å². The van der Waals surface area contributed by atoms with Crippen LogP contribution in [0.1, 0.15) is 68.2 Å². The molecule has 31 heavy (non-hydrogen) atoms. The van der Waals surface area contributed by atoms with E-state index in [0.717, 1.165) is 37.3 Å². The zero-order valence-electron chi connectivity index (χ0n) is 18.5. The van der Waals surface area contributed by atoms with Crippen molar-refractivity contribution in [2.45, 2.75) is 76.5 Å². The van der Waals surface area contributed by atoms with Gasteiger partial charge < -0.3 is 9.47 Å². The number of nitrogens with two attached hydrogens (primary N) is 1. The van der Waals surface area contributed by atoms with Crippen molar-refractivity contribution in [1.29, 1.82) is 0 Å². The van der Waals surface area contributed by atoms with Crippen LogP contribution in [-0.2, 0) is 12.8 Å². The van der Waals surface area contributed by atoms with Crippen LogP contribution in [0.5, 0.6) is 11.5 Å². The molecule has 2 aliphatic heterocycles. The summed E-state index contributed by atoms with van der Waals surface area (Å²) in [5.41, 5.74) is 3.92. The summed E-state index contributed by atoms with van der Waals surface area (Å²) >= 11 is 0. The Balaban J connectivity index is 0.00000231. The lowest BCUT2D eigenvalue weighted by atomic mass is 9.81. The molecule has 3 atom stereocenters. The third-order valence-corrected chi connectivity index (χ3v) is 7.07. The largest absolute Gasteiger partial charge is 0.490 e. The minimum absolute atomic E-state index is 0. The first-order valence-corrected chi connectivity index (χ1v) is 11.7. The maximum atomic E-state index is 6.51. The highest BCUT2D eigenvalue weighted by atomic mass is 35.5. The minimum Gasteiger partial charge on any atom is -0.490 e. The van der Waals surface area contributed by atoms with Crippen LogP contribution in [-0.4, -0.2) is 23.8 Å². The van der Waals surface area contributed by atoms with Crippen LogP contribution in [0.25, 0.3) is 0 Å². The molecule has 0 spiro atoms. The maximum absolute atomic E-state index is 6.51. The summed E-state index contributed by atoms with van der Waals surface area (Å²) in [4.78, 5) is 0. The van der Waals surface area contributed by atoms with Gasteiger partial charge in [-0.1, -0.05) is 30.3 Å². The van der Waals surface area contributed by atoms with Gasteiger partial charge in [-0.2, -0.15) is 0 Å². The number of halogens is 1. The predicted molar refractivity (Wildman–Crippen MR) is 127 cm³/mol. The Morgan fingerprint density at radius 3 is 2.61 bits per heavy atom. The molecule has 0 aromatic heterocycles. The fourth-order valence-corrected chi connectivity index (χ4v) is 5.71. The average Bonchev–Trinajstić information content (AvgIpc) is 3.38. The van der Waals surface area contributed by atoms with Gasteiger partial charge in [-0.15, -0.1) is 12.4 Å². The molecule has 3 aliphatic rings. The van der Waals surface area contributed by atoms with Crippen LogP contribution in [0.2, 0.25) is 0 Å². The van der Waals surface area contributed by atoms with Crippen LogP contribution in [0.15, 0.2) is 42.5 Å². The lowest BCUT2D eigenvalue weighted by Gasteiger charge is -2.39. The lowest BCUT2D eigenvalue weighted by Crippen LogP contribution is -2.44. The van der Waals surface area contributed by atoms with E-state index in [1.165, 1.54) is 48.8 Å². The first-order valence-electron chi connectivity index (χ1n) is 11.7. The van der Waals surface area contributed by atoms with E-state index in [1.54, 1.807) is 0 Å². The first kappa shape index (κ1) is 22.4. The van der Waals surface area contributed by atoms with Gasteiger partial charge in [0.1, 0.15) is 17.6 Å². The summed E-state index contributed by atoms with van der Waals surface area (Å²) in [6.07, 6.45) is 9.83. The summed E-state index contributed by atoms with van der Waals surface area (Å²) in [5.74, 6) is 9.11. The second-order valence-corrected chi connectivity index (χ2v) is 9.43. The van der Waals surface area contributed by atoms with Gasteiger partial charge in [0, 0.05) is 18.5 Å². The Labute approximate surface area is 192 Å². The van der Waals surface area contributed by atoms with Crippen LogP contribution >= 0.6 is 12.4 Å². The quantitative estimate of drug-likeness (QED) is 0.610. The van der Waals surface area contributed by atoms with Crippen molar-refractivity contribution in [2.24, 2.45) is 11.8 Å². The van der Waals surface area contributed by atoms with Crippen molar-refractivity contribution in [2.75, 3.05) is 6.54 Å². The second kappa shape index (κ2) is 9.81. The van der Waals surface area contributed by atoms with Gasteiger partial charge in [0.15, 0.2) is 0 Å². The topological polar surface area (TPSA) is 47.7 Å². The van der Waals surface area contributed by atoms with Crippen LogP contribution < -0.4 is 15.3 Å². The highest BCUT2D eigenvalue weighted by molar-refractivity contribution is 5.85. The molecule has 0 bridgehead atoms. The van der Waals surface area contributed by atoms with E-state index < -0.39 is 0 Å². The van der Waals surface area contributed by atoms with Crippen LogP contribution in [0.3, 0.4) is 0 Å². The molecule has 5 heteroatoms. The maximum Gasteiger partial charge on any atom is 0.126 e. The third-order valence-electron chi connectivity index (χ3n) is 7.07. The molecule has 1 aliphatic carbocycles. The molecule has 1 saturated carbocycles. The average molecular weight is 443 g/mol. The Hall–Kier alpha value is -1.75. The van der Waals surface area contributed by atoms with Crippen LogP contribution in [0, 0.1) is 5.92 Å². The van der Waals surface area contributed by atoms with E-state index >= 15 is 0 Å². The summed E-state index contributed by atoms with van der Waals surface area (Å²) in [7, 11) is 0. The normalized spacial score (nSPS) is 26.2. The SMILES string of the molecule is C[C@H]1Cc2cc(OC3CCCC3)cc(C[C@@H]3CCCN(N)C3c3ccccc3)c2O1.Cl. The van der Waals surface area contributed by atoms with Crippen molar-refractivity contribution in [1.82, 2.24) is 5.01 Å². The Kier molecular flexibility index (Phi) is 7.10. The second-order valence-electron chi connectivity index (χ2n) is 9.43. The Morgan fingerprint density at radius 1 is 1.06 bits per heavy atom. The summed E-state index contributed by atoms with van der Waals surface area (Å²) in [6.45, 7) is 3.11. The molecule has 5 rings (SSSR count). The number of hydrazine groups is 1. The van der Waals surface area contributed by atoms with Crippen molar-refractivity contribution >= 4 is 12.4 Å².